The van der Waals surface area contributed by atoms with Gasteiger partial charge in [0, 0.05) is 49.1 Å². The summed E-state index contributed by atoms with van der Waals surface area (Å²) < 4.78 is 1.53. The van der Waals surface area contributed by atoms with Crippen LogP contribution >= 0.6 is 34.9 Å². The van der Waals surface area contributed by atoms with Gasteiger partial charge in [0.25, 0.3) is 0 Å². The van der Waals surface area contributed by atoms with Crippen LogP contribution in [0.15, 0.2) is 128 Å². The van der Waals surface area contributed by atoms with Crippen LogP contribution in [0.1, 0.15) is 38.8 Å². The second-order valence-electron chi connectivity index (χ2n) is 12.6. The Morgan fingerprint density at radius 1 is 0.545 bits per heavy atom. The van der Waals surface area contributed by atoms with Crippen molar-refractivity contribution in [2.75, 3.05) is 70.6 Å². The minimum Gasteiger partial charge on any atom is -0.390 e. The van der Waals surface area contributed by atoms with Crippen molar-refractivity contribution >= 4 is 70.0 Å². The third kappa shape index (κ3) is 13.1. The number of para-hydroxylation sites is 2. The molecule has 4 aromatic carbocycles. The molecule has 5 rings (SSSR count). The van der Waals surface area contributed by atoms with E-state index in [1.165, 1.54) is 46.2 Å². The molecule has 5 aromatic rings. The number of anilines is 4. The van der Waals surface area contributed by atoms with Crippen LogP contribution in [0, 0.1) is 0 Å². The Bertz CT molecular complexity index is 1740. The van der Waals surface area contributed by atoms with Gasteiger partial charge in [0.1, 0.15) is 0 Å². The second-order valence-corrected chi connectivity index (χ2v) is 16.1. The largest absolute Gasteiger partial charge is 0.390 e. The smallest absolute Gasteiger partial charge is 0.175 e. The number of hydrogen-bond donors (Lipinski definition) is 2. The average Bonchev–Trinajstić information content (AvgIpc) is 3.70. The summed E-state index contributed by atoms with van der Waals surface area (Å²) in [5, 5.41) is 44.0. The Labute approximate surface area is 338 Å². The summed E-state index contributed by atoms with van der Waals surface area (Å²) in [6.45, 7) is 13.1. The maximum Gasteiger partial charge on any atom is 0.175 e. The van der Waals surface area contributed by atoms with Crippen LogP contribution in [0.4, 0.5) is 22.7 Å². The van der Waals surface area contributed by atoms with Crippen LogP contribution in [0.5, 0.6) is 0 Å². The molecule has 0 aliphatic heterocycles. The maximum absolute atomic E-state index is 11.1. The summed E-state index contributed by atoms with van der Waals surface area (Å²) in [7, 11) is 0. The van der Waals surface area contributed by atoms with Gasteiger partial charge >= 0.3 is 0 Å². The molecule has 0 bridgehead atoms. The molecule has 0 aliphatic rings. The Balaban J connectivity index is 1.13. The van der Waals surface area contributed by atoms with E-state index in [0.717, 1.165) is 57.4 Å². The number of rotatable bonds is 22. The molecule has 2 unspecified atom stereocenters. The summed E-state index contributed by atoms with van der Waals surface area (Å²) in [5.74, 6) is 0.864. The van der Waals surface area contributed by atoms with E-state index in [9.17, 15) is 10.2 Å². The van der Waals surface area contributed by atoms with Crippen LogP contribution in [0.25, 0.3) is 0 Å². The zero-order valence-electron chi connectivity index (χ0n) is 32.1. The molecular weight excluding hydrogens is 745 g/mol. The van der Waals surface area contributed by atoms with Crippen molar-refractivity contribution in [2.45, 2.75) is 48.6 Å². The molecule has 0 spiro atoms. The first-order chi connectivity index (χ1) is 26.9. The van der Waals surface area contributed by atoms with E-state index in [1.807, 2.05) is 83.1 Å². The molecule has 1 heterocycles. The van der Waals surface area contributed by atoms with E-state index >= 15 is 0 Å². The van der Waals surface area contributed by atoms with Crippen molar-refractivity contribution in [3.63, 3.8) is 0 Å². The lowest BCUT2D eigenvalue weighted by Crippen LogP contribution is -2.30. The van der Waals surface area contributed by atoms with Crippen molar-refractivity contribution in [1.29, 1.82) is 0 Å². The van der Waals surface area contributed by atoms with Gasteiger partial charge in [-0.1, -0.05) is 95.5 Å². The van der Waals surface area contributed by atoms with Crippen molar-refractivity contribution in [1.82, 2.24) is 10.2 Å². The number of hydrogen-bond acceptors (Lipinski definition) is 13. The summed E-state index contributed by atoms with van der Waals surface area (Å²) in [5.41, 5.74) is 6.15. The van der Waals surface area contributed by atoms with E-state index in [-0.39, 0.29) is 0 Å². The van der Waals surface area contributed by atoms with Gasteiger partial charge in [-0.05, 0) is 87.4 Å². The number of benzene rings is 4. The van der Waals surface area contributed by atoms with Gasteiger partial charge in [-0.2, -0.15) is 10.2 Å². The topological polar surface area (TPSA) is 104 Å². The monoisotopic (exact) mass is 796 g/mol. The summed E-state index contributed by atoms with van der Waals surface area (Å²) in [6, 6.07) is 36.5. The Kier molecular flexibility index (Phi) is 16.9. The maximum atomic E-state index is 11.1. The second kappa shape index (κ2) is 22.2. The number of nitrogens with zero attached hydrogens (tertiary/aromatic N) is 8. The molecule has 0 amide bonds. The predicted octanol–water partition coefficient (Wildman–Crippen LogP) is 8.22. The summed E-state index contributed by atoms with van der Waals surface area (Å²) >= 11 is 4.40. The zero-order valence-corrected chi connectivity index (χ0v) is 34.5. The fourth-order valence-corrected chi connectivity index (χ4v) is 8.69. The third-order valence-electron chi connectivity index (χ3n) is 8.80. The molecule has 55 heavy (non-hydrogen) atoms. The minimum atomic E-state index is -0.668. The molecule has 0 saturated heterocycles. The van der Waals surface area contributed by atoms with E-state index in [1.54, 1.807) is 0 Å². The Morgan fingerprint density at radius 3 is 1.25 bits per heavy atom. The zero-order chi connectivity index (χ0) is 38.8. The lowest BCUT2D eigenvalue weighted by Gasteiger charge is -2.22. The Hall–Kier alpha value is -4.40. The highest BCUT2D eigenvalue weighted by Crippen LogP contribution is 2.30. The first kappa shape index (κ1) is 41.8. The normalized spacial score (nSPS) is 12.6. The predicted molar refractivity (Wildman–Crippen MR) is 236 cm³/mol. The standard InChI is InChI=1S/C42H52N8O2S3/c1-5-47(6-2)35-23-19-33(20-24-35)27-43-49(37-15-11-9-12-16-37)29-39(51)31-53-41-45-46-42(55-41)54-32-40(52)30-50(38-17-13-10-14-18-38)44-28-34-21-25-36(26-22-34)48(7-3)8-4/h9-28,39-40,51-52H,5-8,29-32H2,1-4H3/b43-27+,44-28+. The molecule has 0 aliphatic carbocycles. The molecule has 2 N–H and O–H groups in total. The van der Waals surface area contributed by atoms with Crippen LogP contribution in [0.2, 0.25) is 0 Å². The van der Waals surface area contributed by atoms with Gasteiger partial charge in [0.05, 0.1) is 49.1 Å². The van der Waals surface area contributed by atoms with Gasteiger partial charge < -0.3 is 20.0 Å². The number of aliphatic hydroxyl groups excluding tert-OH is 2. The molecule has 0 saturated carbocycles. The minimum absolute atomic E-state index is 0.319. The highest BCUT2D eigenvalue weighted by atomic mass is 32.2. The molecule has 10 nitrogen and oxygen atoms in total. The lowest BCUT2D eigenvalue weighted by atomic mass is 10.2. The first-order valence-electron chi connectivity index (χ1n) is 18.8. The first-order valence-corrected chi connectivity index (χ1v) is 21.6. The van der Waals surface area contributed by atoms with Crippen LogP contribution in [0.3, 0.4) is 0 Å². The highest BCUT2D eigenvalue weighted by molar-refractivity contribution is 8.03. The molecular formula is C42H52N8O2S3. The van der Waals surface area contributed by atoms with Gasteiger partial charge in [-0.3, -0.25) is 10.0 Å². The van der Waals surface area contributed by atoms with Gasteiger partial charge in [0.15, 0.2) is 8.68 Å². The molecule has 0 radical (unpaired) electrons. The van der Waals surface area contributed by atoms with E-state index in [2.05, 4.69) is 96.2 Å². The highest BCUT2D eigenvalue weighted by Gasteiger charge is 2.17. The lowest BCUT2D eigenvalue weighted by molar-refractivity contribution is 0.204. The van der Waals surface area contributed by atoms with Crippen molar-refractivity contribution in [3.05, 3.63) is 120 Å². The number of thioether (sulfide) groups is 2. The van der Waals surface area contributed by atoms with Gasteiger partial charge in [-0.15, -0.1) is 10.2 Å². The average molecular weight is 797 g/mol. The fraction of sp³-hybridized carbons (Fsp3) is 0.333. The van der Waals surface area contributed by atoms with E-state index in [0.29, 0.717) is 24.6 Å². The van der Waals surface area contributed by atoms with Crippen LogP contribution in [-0.4, -0.2) is 95.8 Å². The Morgan fingerprint density at radius 2 is 0.909 bits per heavy atom. The van der Waals surface area contributed by atoms with Gasteiger partial charge in [-0.25, -0.2) is 0 Å². The number of aromatic nitrogens is 2. The quantitative estimate of drug-likeness (QED) is 0.0405. The summed E-state index contributed by atoms with van der Waals surface area (Å²) in [4.78, 5) is 4.61. The van der Waals surface area contributed by atoms with Crippen LogP contribution in [-0.2, 0) is 0 Å². The number of aliphatic hydroxyl groups is 2. The fourth-order valence-electron chi connectivity index (χ4n) is 5.78. The molecule has 290 valence electrons. The van der Waals surface area contributed by atoms with Gasteiger partial charge in [0.2, 0.25) is 0 Å². The molecule has 1 aromatic heterocycles. The van der Waals surface area contributed by atoms with Crippen molar-refractivity contribution < 1.29 is 10.2 Å². The molecule has 0 fully saturated rings. The SMILES string of the molecule is CCN(CC)c1ccc(/C=N/N(CC(O)CSc2nnc(SCC(O)CN(/N=C/c3ccc(N(CC)CC)cc3)c3ccccc3)s2)c2ccccc2)cc1. The van der Waals surface area contributed by atoms with Crippen molar-refractivity contribution in [3.8, 4) is 0 Å². The van der Waals surface area contributed by atoms with E-state index in [4.69, 9.17) is 10.2 Å². The van der Waals surface area contributed by atoms with Crippen molar-refractivity contribution in [2.24, 2.45) is 10.2 Å². The van der Waals surface area contributed by atoms with E-state index < -0.39 is 12.2 Å². The number of hydrazone groups is 2. The molecule has 2 atom stereocenters. The van der Waals surface area contributed by atoms with Crippen LogP contribution < -0.4 is 19.8 Å². The summed E-state index contributed by atoms with van der Waals surface area (Å²) in [6.07, 6.45) is 2.33. The molecule has 13 heteroatoms. The third-order valence-corrected chi connectivity index (χ3v) is 12.3.